The molecular formula is C54H35NO. The van der Waals surface area contributed by atoms with Crippen molar-refractivity contribution in [1.29, 1.82) is 0 Å². The van der Waals surface area contributed by atoms with E-state index in [9.17, 15) is 0 Å². The number of rotatable bonds is 6. The Morgan fingerprint density at radius 3 is 1.73 bits per heavy atom. The molecule has 0 N–H and O–H groups in total. The summed E-state index contributed by atoms with van der Waals surface area (Å²) >= 11 is 0. The lowest BCUT2D eigenvalue weighted by Gasteiger charge is -2.28. The van der Waals surface area contributed by atoms with Gasteiger partial charge in [0.05, 0.1) is 5.69 Å². The molecule has 0 aliphatic carbocycles. The second kappa shape index (κ2) is 13.2. The van der Waals surface area contributed by atoms with E-state index in [0.29, 0.717) is 0 Å². The molecular weight excluding hydrogens is 679 g/mol. The van der Waals surface area contributed by atoms with Crippen molar-refractivity contribution < 1.29 is 4.42 Å². The van der Waals surface area contributed by atoms with Gasteiger partial charge in [-0.25, -0.2) is 0 Å². The number of hydrogen-bond acceptors (Lipinski definition) is 2. The van der Waals surface area contributed by atoms with Gasteiger partial charge in [-0.05, 0) is 115 Å². The Bertz CT molecular complexity index is 3230. The van der Waals surface area contributed by atoms with Crippen molar-refractivity contribution in [2.45, 2.75) is 0 Å². The van der Waals surface area contributed by atoms with E-state index in [2.05, 4.69) is 199 Å². The van der Waals surface area contributed by atoms with Gasteiger partial charge in [-0.15, -0.1) is 0 Å². The van der Waals surface area contributed by atoms with Crippen molar-refractivity contribution in [3.63, 3.8) is 0 Å². The van der Waals surface area contributed by atoms with Crippen molar-refractivity contribution in [2.24, 2.45) is 0 Å². The smallest absolute Gasteiger partial charge is 0.135 e. The third-order valence-corrected chi connectivity index (χ3v) is 11.2. The second-order valence-electron chi connectivity index (χ2n) is 14.5. The highest BCUT2D eigenvalue weighted by molar-refractivity contribution is 6.14. The summed E-state index contributed by atoms with van der Waals surface area (Å²) < 4.78 is 6.28. The molecule has 0 saturated carbocycles. The van der Waals surface area contributed by atoms with Crippen molar-refractivity contribution >= 4 is 71.1 Å². The number of furan rings is 1. The second-order valence-corrected chi connectivity index (χ2v) is 14.5. The molecule has 0 aliphatic heterocycles. The first-order chi connectivity index (χ1) is 27.7. The fourth-order valence-electron chi connectivity index (χ4n) is 8.52. The molecule has 11 rings (SSSR count). The molecule has 56 heavy (non-hydrogen) atoms. The Labute approximate surface area is 325 Å². The van der Waals surface area contributed by atoms with Crippen molar-refractivity contribution in [3.05, 3.63) is 212 Å². The van der Waals surface area contributed by atoms with Gasteiger partial charge in [0, 0.05) is 27.7 Å². The summed E-state index contributed by atoms with van der Waals surface area (Å²) in [7, 11) is 0. The SMILES string of the molecule is c1cc(-c2cc3ccccc3o2)cc(-c2ccc(N(c3ccc(-c4cc5ccccc5c5ccccc45)cc3)c3ccc4ccccc4c3)c3ccccc23)c1. The van der Waals surface area contributed by atoms with Crippen LogP contribution < -0.4 is 4.90 Å². The van der Waals surface area contributed by atoms with Gasteiger partial charge in [-0.1, -0.05) is 158 Å². The van der Waals surface area contributed by atoms with E-state index in [-0.39, 0.29) is 0 Å². The first-order valence-corrected chi connectivity index (χ1v) is 19.2. The van der Waals surface area contributed by atoms with E-state index >= 15 is 0 Å². The molecule has 0 unspecified atom stereocenters. The van der Waals surface area contributed by atoms with Crippen molar-refractivity contribution in [2.75, 3.05) is 4.90 Å². The van der Waals surface area contributed by atoms with Crippen LogP contribution in [0.2, 0.25) is 0 Å². The molecule has 0 fully saturated rings. The fraction of sp³-hybridized carbons (Fsp3) is 0. The molecule has 10 aromatic carbocycles. The van der Waals surface area contributed by atoms with Crippen molar-refractivity contribution in [1.82, 2.24) is 0 Å². The monoisotopic (exact) mass is 713 g/mol. The largest absolute Gasteiger partial charge is 0.456 e. The van der Waals surface area contributed by atoms with E-state index in [1.807, 2.05) is 18.2 Å². The Kier molecular flexibility index (Phi) is 7.53. The summed E-state index contributed by atoms with van der Waals surface area (Å²) in [6, 6.07) is 76.6. The lowest BCUT2D eigenvalue weighted by Crippen LogP contribution is -2.10. The number of nitrogens with zero attached hydrogens (tertiary/aromatic N) is 1. The lowest BCUT2D eigenvalue weighted by atomic mass is 9.93. The van der Waals surface area contributed by atoms with Gasteiger partial charge in [0.1, 0.15) is 11.3 Å². The molecule has 0 amide bonds. The predicted molar refractivity (Wildman–Crippen MR) is 237 cm³/mol. The standard InChI is InChI=1S/C54H35NO/c1-2-13-38-33-44(29-24-36(38)12-1)55(43-27-25-37(26-28-43)51-34-40-14-3-5-18-45(40)47-19-6-7-21-49(47)51)52-31-30-46(48-20-8-9-22-50(48)52)39-16-11-17-41(32-39)54-35-42-15-4-10-23-53(42)56-54/h1-35H. The highest BCUT2D eigenvalue weighted by Crippen LogP contribution is 2.44. The Morgan fingerprint density at radius 2 is 0.929 bits per heavy atom. The molecule has 0 radical (unpaired) electrons. The van der Waals surface area contributed by atoms with E-state index < -0.39 is 0 Å². The zero-order valence-corrected chi connectivity index (χ0v) is 30.6. The molecule has 11 aromatic rings. The van der Waals surface area contributed by atoms with Gasteiger partial charge in [-0.3, -0.25) is 0 Å². The van der Waals surface area contributed by atoms with Gasteiger partial charge in [0.2, 0.25) is 0 Å². The van der Waals surface area contributed by atoms with Crippen LogP contribution in [0.1, 0.15) is 0 Å². The summed E-state index contributed by atoms with van der Waals surface area (Å²) in [4.78, 5) is 2.41. The molecule has 262 valence electrons. The van der Waals surface area contributed by atoms with Gasteiger partial charge in [0.15, 0.2) is 0 Å². The zero-order valence-electron chi connectivity index (χ0n) is 30.6. The molecule has 1 heterocycles. The van der Waals surface area contributed by atoms with Crippen LogP contribution in [0.5, 0.6) is 0 Å². The van der Waals surface area contributed by atoms with Crippen LogP contribution >= 0.6 is 0 Å². The first kappa shape index (κ1) is 32.0. The summed E-state index contributed by atoms with van der Waals surface area (Å²) in [6.45, 7) is 0. The summed E-state index contributed by atoms with van der Waals surface area (Å²) in [5.41, 5.74) is 10.0. The summed E-state index contributed by atoms with van der Waals surface area (Å²) in [5.74, 6) is 0.872. The third kappa shape index (κ3) is 5.42. The molecule has 0 atom stereocenters. The predicted octanol–water partition coefficient (Wildman–Crippen LogP) is 15.5. The number of anilines is 3. The minimum absolute atomic E-state index is 0.872. The Hall–Kier alpha value is -7.42. The summed E-state index contributed by atoms with van der Waals surface area (Å²) in [6.07, 6.45) is 0. The van der Waals surface area contributed by atoms with Crippen LogP contribution in [-0.2, 0) is 0 Å². The highest BCUT2D eigenvalue weighted by atomic mass is 16.3. The molecule has 2 nitrogen and oxygen atoms in total. The Morgan fingerprint density at radius 1 is 0.304 bits per heavy atom. The molecule has 0 bridgehead atoms. The average molecular weight is 714 g/mol. The van der Waals surface area contributed by atoms with Gasteiger partial charge < -0.3 is 9.32 Å². The highest BCUT2D eigenvalue weighted by Gasteiger charge is 2.19. The minimum Gasteiger partial charge on any atom is -0.456 e. The molecule has 1 aromatic heterocycles. The number of hydrogen-bond donors (Lipinski definition) is 0. The minimum atomic E-state index is 0.872. The van der Waals surface area contributed by atoms with Crippen LogP contribution in [0.15, 0.2) is 217 Å². The normalized spacial score (nSPS) is 11.6. The van der Waals surface area contributed by atoms with Crippen LogP contribution in [0.3, 0.4) is 0 Å². The van der Waals surface area contributed by atoms with Gasteiger partial charge in [0.25, 0.3) is 0 Å². The van der Waals surface area contributed by atoms with E-state index in [4.69, 9.17) is 4.42 Å². The maximum absolute atomic E-state index is 6.28. The number of benzene rings is 10. The first-order valence-electron chi connectivity index (χ1n) is 19.2. The molecule has 0 saturated heterocycles. The van der Waals surface area contributed by atoms with Crippen LogP contribution in [0.4, 0.5) is 17.1 Å². The molecule has 0 aliphatic rings. The quantitative estimate of drug-likeness (QED) is 0.160. The molecule has 0 spiro atoms. The van der Waals surface area contributed by atoms with Crippen LogP contribution in [0, 0.1) is 0 Å². The maximum atomic E-state index is 6.28. The van der Waals surface area contributed by atoms with Gasteiger partial charge in [-0.2, -0.15) is 0 Å². The van der Waals surface area contributed by atoms with Crippen LogP contribution in [0.25, 0.3) is 87.6 Å². The topological polar surface area (TPSA) is 16.4 Å². The number of fused-ring (bicyclic) bond motifs is 6. The third-order valence-electron chi connectivity index (χ3n) is 11.2. The van der Waals surface area contributed by atoms with E-state index in [1.54, 1.807) is 0 Å². The maximum Gasteiger partial charge on any atom is 0.135 e. The van der Waals surface area contributed by atoms with Crippen LogP contribution in [-0.4, -0.2) is 0 Å². The van der Waals surface area contributed by atoms with E-state index in [0.717, 1.165) is 44.9 Å². The fourth-order valence-corrected chi connectivity index (χ4v) is 8.52. The van der Waals surface area contributed by atoms with Crippen molar-refractivity contribution in [3.8, 4) is 33.6 Å². The van der Waals surface area contributed by atoms with Gasteiger partial charge >= 0.3 is 0 Å². The average Bonchev–Trinajstić information content (AvgIpc) is 3.71. The zero-order chi connectivity index (χ0) is 37.0. The number of para-hydroxylation sites is 1. The Balaban J connectivity index is 1.06. The summed E-state index contributed by atoms with van der Waals surface area (Å²) in [5, 5.41) is 11.0. The molecule has 2 heteroatoms. The lowest BCUT2D eigenvalue weighted by molar-refractivity contribution is 0.631. The van der Waals surface area contributed by atoms with E-state index in [1.165, 1.54) is 59.8 Å².